The molecule has 0 radical (unpaired) electrons. The van der Waals surface area contributed by atoms with Crippen molar-refractivity contribution in [1.82, 2.24) is 4.90 Å². The van der Waals surface area contributed by atoms with E-state index in [0.717, 1.165) is 5.56 Å². The summed E-state index contributed by atoms with van der Waals surface area (Å²) in [6.45, 7) is 6.39. The predicted molar refractivity (Wildman–Crippen MR) is 76.9 cm³/mol. The van der Waals surface area contributed by atoms with Gasteiger partial charge in [0.2, 0.25) is 5.91 Å². The normalized spacial score (nSPS) is 13.6. The van der Waals surface area contributed by atoms with Gasteiger partial charge in [-0.2, -0.15) is 0 Å². The van der Waals surface area contributed by atoms with E-state index >= 15 is 0 Å². The van der Waals surface area contributed by atoms with Crippen LogP contribution in [0.4, 0.5) is 0 Å². The average Bonchev–Trinajstić information content (AvgIpc) is 2.27. The minimum absolute atomic E-state index is 0.119. The lowest BCUT2D eigenvalue weighted by Crippen LogP contribution is -2.47. The summed E-state index contributed by atoms with van der Waals surface area (Å²) in [5, 5.41) is 10.8. The van der Waals surface area contributed by atoms with Gasteiger partial charge in [0.25, 0.3) is 0 Å². The number of carbonyl (C=O) groups excluding carboxylic acids is 1. The standard InChI is InChI=1S/C14H21ClN2O2/c1-14(2,3)17(9-13(16)19)8-12(18)10-4-6-11(15)7-5-10/h4-7,12,18H,8-9H2,1-3H3,(H2,16,19). The van der Waals surface area contributed by atoms with E-state index in [0.29, 0.717) is 11.6 Å². The molecule has 1 unspecified atom stereocenters. The highest BCUT2D eigenvalue weighted by Crippen LogP contribution is 2.21. The van der Waals surface area contributed by atoms with Gasteiger partial charge >= 0.3 is 0 Å². The summed E-state index contributed by atoms with van der Waals surface area (Å²) in [5.41, 5.74) is 5.76. The second kappa shape index (κ2) is 6.37. The summed E-state index contributed by atoms with van der Waals surface area (Å²) < 4.78 is 0. The molecule has 0 heterocycles. The molecule has 1 rings (SSSR count). The van der Waals surface area contributed by atoms with E-state index in [1.54, 1.807) is 24.3 Å². The van der Waals surface area contributed by atoms with Gasteiger partial charge in [0.1, 0.15) is 0 Å². The SMILES string of the molecule is CC(C)(C)N(CC(N)=O)CC(O)c1ccc(Cl)cc1. The fourth-order valence-corrected chi connectivity index (χ4v) is 1.89. The number of nitrogens with two attached hydrogens (primary N) is 1. The van der Waals surface area contributed by atoms with Gasteiger partial charge in [-0.3, -0.25) is 9.69 Å². The maximum absolute atomic E-state index is 11.1. The van der Waals surface area contributed by atoms with Crippen molar-refractivity contribution in [3.05, 3.63) is 34.9 Å². The quantitative estimate of drug-likeness (QED) is 0.869. The third-order valence-corrected chi connectivity index (χ3v) is 3.20. The van der Waals surface area contributed by atoms with Crippen molar-refractivity contribution in [2.45, 2.75) is 32.4 Å². The second-order valence-corrected chi connectivity index (χ2v) is 6.02. The number of aliphatic hydroxyl groups is 1. The highest BCUT2D eigenvalue weighted by molar-refractivity contribution is 6.30. The van der Waals surface area contributed by atoms with Crippen molar-refractivity contribution >= 4 is 17.5 Å². The van der Waals surface area contributed by atoms with Crippen LogP contribution < -0.4 is 5.73 Å². The van der Waals surface area contributed by atoms with Crippen LogP contribution >= 0.6 is 11.6 Å². The van der Waals surface area contributed by atoms with Gasteiger partial charge in [-0.1, -0.05) is 23.7 Å². The molecule has 0 aliphatic heterocycles. The minimum Gasteiger partial charge on any atom is -0.387 e. The highest BCUT2D eigenvalue weighted by atomic mass is 35.5. The lowest BCUT2D eigenvalue weighted by atomic mass is 10.0. The number of nitrogens with zero attached hydrogens (tertiary/aromatic N) is 1. The molecule has 0 fully saturated rings. The Morgan fingerprint density at radius 1 is 1.37 bits per heavy atom. The summed E-state index contributed by atoms with van der Waals surface area (Å²) >= 11 is 5.81. The van der Waals surface area contributed by atoms with Crippen LogP contribution in [0.3, 0.4) is 0 Å². The number of amides is 1. The lowest BCUT2D eigenvalue weighted by Gasteiger charge is -2.36. The van der Waals surface area contributed by atoms with Gasteiger partial charge in [-0.15, -0.1) is 0 Å². The van der Waals surface area contributed by atoms with Crippen LogP contribution in [0.2, 0.25) is 5.02 Å². The molecule has 1 amide bonds. The van der Waals surface area contributed by atoms with Crippen molar-refractivity contribution in [3.63, 3.8) is 0 Å². The van der Waals surface area contributed by atoms with E-state index in [9.17, 15) is 9.90 Å². The molecule has 0 saturated heterocycles. The Bertz CT molecular complexity index is 426. The Labute approximate surface area is 119 Å². The second-order valence-electron chi connectivity index (χ2n) is 5.59. The van der Waals surface area contributed by atoms with Crippen molar-refractivity contribution in [2.75, 3.05) is 13.1 Å². The summed E-state index contributed by atoms with van der Waals surface area (Å²) in [7, 11) is 0. The maximum Gasteiger partial charge on any atom is 0.231 e. The molecule has 0 saturated carbocycles. The predicted octanol–water partition coefficient (Wildman–Crippen LogP) is 1.96. The molecule has 1 atom stereocenters. The average molecular weight is 285 g/mol. The Morgan fingerprint density at radius 3 is 2.32 bits per heavy atom. The number of aliphatic hydroxyl groups excluding tert-OH is 1. The maximum atomic E-state index is 11.1. The van der Waals surface area contributed by atoms with Gasteiger partial charge in [0.15, 0.2) is 0 Å². The van der Waals surface area contributed by atoms with Crippen molar-refractivity contribution < 1.29 is 9.90 Å². The van der Waals surface area contributed by atoms with E-state index in [1.807, 2.05) is 25.7 Å². The molecule has 1 aromatic rings. The van der Waals surface area contributed by atoms with E-state index < -0.39 is 12.0 Å². The van der Waals surface area contributed by atoms with Crippen LogP contribution in [0.1, 0.15) is 32.4 Å². The first-order valence-corrected chi connectivity index (χ1v) is 6.55. The van der Waals surface area contributed by atoms with Crippen LogP contribution in [-0.2, 0) is 4.79 Å². The van der Waals surface area contributed by atoms with E-state index in [-0.39, 0.29) is 12.1 Å². The summed E-state index contributed by atoms with van der Waals surface area (Å²) in [5.74, 6) is -0.404. The Hall–Kier alpha value is -1.10. The van der Waals surface area contributed by atoms with Gasteiger partial charge in [0, 0.05) is 17.1 Å². The number of carbonyl (C=O) groups is 1. The Kier molecular flexibility index (Phi) is 5.35. The largest absolute Gasteiger partial charge is 0.387 e. The van der Waals surface area contributed by atoms with Crippen molar-refractivity contribution in [2.24, 2.45) is 5.73 Å². The van der Waals surface area contributed by atoms with Crippen molar-refractivity contribution in [1.29, 1.82) is 0 Å². The van der Waals surface area contributed by atoms with Crippen LogP contribution in [0.25, 0.3) is 0 Å². The summed E-state index contributed by atoms with van der Waals surface area (Å²) in [4.78, 5) is 13.0. The topological polar surface area (TPSA) is 66.6 Å². The molecular formula is C14H21ClN2O2. The molecule has 0 spiro atoms. The van der Waals surface area contributed by atoms with Crippen molar-refractivity contribution in [3.8, 4) is 0 Å². The first kappa shape index (κ1) is 16.0. The zero-order chi connectivity index (χ0) is 14.6. The minimum atomic E-state index is -0.684. The molecule has 0 bridgehead atoms. The number of hydrogen-bond donors (Lipinski definition) is 2. The first-order valence-electron chi connectivity index (χ1n) is 6.17. The summed E-state index contributed by atoms with van der Waals surface area (Å²) in [6, 6.07) is 7.02. The van der Waals surface area contributed by atoms with E-state index in [2.05, 4.69) is 0 Å². The molecule has 106 valence electrons. The third kappa shape index (κ3) is 5.19. The van der Waals surface area contributed by atoms with Gasteiger partial charge in [-0.25, -0.2) is 0 Å². The number of hydrogen-bond acceptors (Lipinski definition) is 3. The van der Waals surface area contributed by atoms with E-state index in [1.165, 1.54) is 0 Å². The molecule has 0 aliphatic carbocycles. The lowest BCUT2D eigenvalue weighted by molar-refractivity contribution is -0.120. The molecule has 0 aliphatic rings. The Morgan fingerprint density at radius 2 is 1.89 bits per heavy atom. The smallest absolute Gasteiger partial charge is 0.231 e. The fraction of sp³-hybridized carbons (Fsp3) is 0.500. The zero-order valence-electron chi connectivity index (χ0n) is 11.6. The van der Waals surface area contributed by atoms with Crippen LogP contribution in [0.15, 0.2) is 24.3 Å². The molecule has 4 nitrogen and oxygen atoms in total. The third-order valence-electron chi connectivity index (χ3n) is 2.94. The van der Waals surface area contributed by atoms with Gasteiger partial charge < -0.3 is 10.8 Å². The fourth-order valence-electron chi connectivity index (χ4n) is 1.76. The molecule has 5 heteroatoms. The van der Waals surface area contributed by atoms with Crippen LogP contribution in [-0.4, -0.2) is 34.5 Å². The summed E-state index contributed by atoms with van der Waals surface area (Å²) in [6.07, 6.45) is -0.684. The van der Waals surface area contributed by atoms with E-state index in [4.69, 9.17) is 17.3 Å². The number of benzene rings is 1. The molecule has 3 N–H and O–H groups in total. The number of β-amino-alcohol motifs (C(OH)–C–C–N with tert-alkyl or cyclic N) is 1. The Balaban J connectivity index is 2.78. The number of halogens is 1. The zero-order valence-corrected chi connectivity index (χ0v) is 12.3. The molecule has 1 aromatic carbocycles. The number of primary amides is 1. The first-order chi connectivity index (χ1) is 8.70. The monoisotopic (exact) mass is 284 g/mol. The molecule has 19 heavy (non-hydrogen) atoms. The van der Waals surface area contributed by atoms with Crippen LogP contribution in [0, 0.1) is 0 Å². The highest BCUT2D eigenvalue weighted by Gasteiger charge is 2.25. The molecular weight excluding hydrogens is 264 g/mol. The van der Waals surface area contributed by atoms with Gasteiger partial charge in [-0.05, 0) is 38.5 Å². The van der Waals surface area contributed by atoms with Gasteiger partial charge in [0.05, 0.1) is 12.6 Å². The molecule has 0 aromatic heterocycles. The van der Waals surface area contributed by atoms with Crippen LogP contribution in [0.5, 0.6) is 0 Å². The number of rotatable bonds is 5.